The molecule has 4 aromatic carbocycles. The van der Waals surface area contributed by atoms with Gasteiger partial charge in [0.2, 0.25) is 0 Å². The van der Waals surface area contributed by atoms with Crippen LogP contribution in [0, 0.1) is 0 Å². The van der Waals surface area contributed by atoms with Gasteiger partial charge in [-0.05, 0) is 39.1 Å². The van der Waals surface area contributed by atoms with Gasteiger partial charge in [-0.15, -0.1) is 0 Å². The van der Waals surface area contributed by atoms with Gasteiger partial charge in [0, 0.05) is 17.1 Å². The zero-order valence-corrected chi connectivity index (χ0v) is 13.1. The second kappa shape index (κ2) is 5.17. The first-order valence-corrected chi connectivity index (χ1v) is 8.15. The first kappa shape index (κ1) is 13.3. The Morgan fingerprint density at radius 2 is 1.21 bits per heavy atom. The van der Waals surface area contributed by atoms with Crippen LogP contribution in [0.4, 0.5) is 0 Å². The van der Waals surface area contributed by atoms with E-state index in [-0.39, 0.29) is 0 Å². The summed E-state index contributed by atoms with van der Waals surface area (Å²) in [6.07, 6.45) is 2.00. The molecule has 1 heteroatoms. The molecule has 0 bridgehead atoms. The lowest BCUT2D eigenvalue weighted by atomic mass is 10.0. The zero-order chi connectivity index (χ0) is 15.9. The van der Waals surface area contributed by atoms with Crippen molar-refractivity contribution in [1.29, 1.82) is 0 Å². The molecule has 5 rings (SSSR count). The third-order valence-electron chi connectivity index (χ3n) is 4.67. The number of rotatable bonds is 1. The molecule has 112 valence electrons. The van der Waals surface area contributed by atoms with Crippen molar-refractivity contribution in [2.24, 2.45) is 0 Å². The van der Waals surface area contributed by atoms with Crippen LogP contribution in [0.3, 0.4) is 0 Å². The molecule has 0 N–H and O–H groups in total. The third-order valence-corrected chi connectivity index (χ3v) is 4.67. The second-order valence-electron chi connectivity index (χ2n) is 6.14. The molecule has 0 aliphatic heterocycles. The van der Waals surface area contributed by atoms with Crippen molar-refractivity contribution in [2.75, 3.05) is 0 Å². The lowest BCUT2D eigenvalue weighted by molar-refractivity contribution is 1.36. The van der Waals surface area contributed by atoms with Crippen molar-refractivity contribution < 1.29 is 0 Å². The maximum Gasteiger partial charge on any atom is 0.0708 e. The van der Waals surface area contributed by atoms with E-state index in [2.05, 4.69) is 84.9 Å². The van der Waals surface area contributed by atoms with Crippen LogP contribution in [0.1, 0.15) is 0 Å². The van der Waals surface area contributed by atoms with Crippen molar-refractivity contribution in [3.63, 3.8) is 0 Å². The normalized spacial score (nSPS) is 11.3. The van der Waals surface area contributed by atoms with Gasteiger partial charge in [0.25, 0.3) is 0 Å². The Morgan fingerprint density at radius 3 is 2.12 bits per heavy atom. The number of aromatic nitrogens is 1. The molecule has 1 aromatic heterocycles. The lowest BCUT2D eigenvalue weighted by Gasteiger charge is -2.07. The molecule has 0 radical (unpaired) electrons. The molecule has 0 aliphatic rings. The van der Waals surface area contributed by atoms with Crippen LogP contribution in [0.2, 0.25) is 0 Å². The summed E-state index contributed by atoms with van der Waals surface area (Å²) in [5.41, 5.74) is 2.17. The highest BCUT2D eigenvalue weighted by Crippen LogP contribution is 2.29. The summed E-state index contributed by atoms with van der Waals surface area (Å²) in [7, 11) is 0. The summed E-state index contributed by atoms with van der Waals surface area (Å²) in [4.78, 5) is 4.73. The maximum atomic E-state index is 4.73. The molecule has 5 aromatic rings. The van der Waals surface area contributed by atoms with Crippen molar-refractivity contribution >= 4 is 32.3 Å². The van der Waals surface area contributed by atoms with Gasteiger partial charge in [0.05, 0.1) is 5.69 Å². The third kappa shape index (κ3) is 2.06. The minimum absolute atomic E-state index is 1.02. The average Bonchev–Trinajstić information content (AvgIpc) is 2.67. The number of nitrogens with zero attached hydrogens (tertiary/aromatic N) is 1. The van der Waals surface area contributed by atoms with Crippen molar-refractivity contribution in [3.8, 4) is 11.3 Å². The highest BCUT2D eigenvalue weighted by atomic mass is 14.7. The molecular formula is C23H15N. The van der Waals surface area contributed by atoms with E-state index in [0.717, 1.165) is 11.3 Å². The summed E-state index contributed by atoms with van der Waals surface area (Å²) in [6, 6.07) is 30.0. The van der Waals surface area contributed by atoms with Gasteiger partial charge >= 0.3 is 0 Å². The van der Waals surface area contributed by atoms with E-state index in [4.69, 9.17) is 4.98 Å². The molecule has 1 nitrogen and oxygen atoms in total. The van der Waals surface area contributed by atoms with E-state index in [1.807, 2.05) is 6.20 Å². The fraction of sp³-hybridized carbons (Fsp3) is 0. The number of pyridine rings is 1. The molecule has 1 heterocycles. The Morgan fingerprint density at radius 1 is 0.500 bits per heavy atom. The molecule has 0 fully saturated rings. The van der Waals surface area contributed by atoms with Crippen LogP contribution in [0.15, 0.2) is 91.1 Å². The van der Waals surface area contributed by atoms with Crippen molar-refractivity contribution in [1.82, 2.24) is 4.98 Å². The number of benzene rings is 4. The van der Waals surface area contributed by atoms with Crippen LogP contribution >= 0.6 is 0 Å². The first-order chi connectivity index (χ1) is 11.9. The molecule has 24 heavy (non-hydrogen) atoms. The van der Waals surface area contributed by atoms with E-state index >= 15 is 0 Å². The molecule has 0 atom stereocenters. The lowest BCUT2D eigenvalue weighted by Crippen LogP contribution is -1.86. The fourth-order valence-electron chi connectivity index (χ4n) is 3.41. The summed E-state index contributed by atoms with van der Waals surface area (Å²) in [5, 5.41) is 7.45. The first-order valence-electron chi connectivity index (χ1n) is 8.15. The van der Waals surface area contributed by atoms with Gasteiger partial charge in [-0.25, -0.2) is 0 Å². The summed E-state index contributed by atoms with van der Waals surface area (Å²) in [6.45, 7) is 0. The van der Waals surface area contributed by atoms with Gasteiger partial charge in [-0.2, -0.15) is 0 Å². The van der Waals surface area contributed by atoms with Gasteiger partial charge in [-0.3, -0.25) is 4.98 Å². The summed E-state index contributed by atoms with van der Waals surface area (Å²) < 4.78 is 0. The highest BCUT2D eigenvalue weighted by molar-refractivity contribution is 6.07. The van der Waals surface area contributed by atoms with Gasteiger partial charge < -0.3 is 0 Å². The fourth-order valence-corrected chi connectivity index (χ4v) is 3.41. The SMILES string of the molecule is c1ccc2cc(-c3cc4ccc5ccccc5c4cn3)ccc2c1. The Labute approximate surface area is 140 Å². The molecule has 0 saturated heterocycles. The van der Waals surface area contributed by atoms with E-state index in [9.17, 15) is 0 Å². The molecule has 0 aliphatic carbocycles. The van der Waals surface area contributed by atoms with E-state index in [0.29, 0.717) is 0 Å². The molecule has 0 spiro atoms. The predicted molar refractivity (Wildman–Crippen MR) is 102 cm³/mol. The zero-order valence-electron chi connectivity index (χ0n) is 13.1. The second-order valence-corrected chi connectivity index (χ2v) is 6.14. The molecule has 0 amide bonds. The number of hydrogen-bond donors (Lipinski definition) is 0. The molecule has 0 saturated carbocycles. The maximum absolute atomic E-state index is 4.73. The largest absolute Gasteiger partial charge is 0.256 e. The van der Waals surface area contributed by atoms with Crippen LogP contribution in [-0.2, 0) is 0 Å². The van der Waals surface area contributed by atoms with Crippen molar-refractivity contribution in [3.05, 3.63) is 91.1 Å². The Hall–Kier alpha value is -3.19. The van der Waals surface area contributed by atoms with Gasteiger partial charge in [0.15, 0.2) is 0 Å². The quantitative estimate of drug-likeness (QED) is 0.336. The van der Waals surface area contributed by atoms with Crippen LogP contribution < -0.4 is 0 Å². The van der Waals surface area contributed by atoms with E-state index in [1.54, 1.807) is 0 Å². The average molecular weight is 305 g/mol. The molecular weight excluding hydrogens is 290 g/mol. The van der Waals surface area contributed by atoms with Gasteiger partial charge in [0.1, 0.15) is 0 Å². The van der Waals surface area contributed by atoms with E-state index in [1.165, 1.54) is 32.3 Å². The minimum Gasteiger partial charge on any atom is -0.256 e. The van der Waals surface area contributed by atoms with Crippen LogP contribution in [0.5, 0.6) is 0 Å². The Kier molecular flexibility index (Phi) is 2.86. The summed E-state index contributed by atoms with van der Waals surface area (Å²) in [5.74, 6) is 0. The number of fused-ring (bicyclic) bond motifs is 4. The van der Waals surface area contributed by atoms with Crippen LogP contribution in [-0.4, -0.2) is 4.98 Å². The summed E-state index contributed by atoms with van der Waals surface area (Å²) >= 11 is 0. The minimum atomic E-state index is 1.02. The standard InChI is InChI=1S/C23H15N/c1-2-7-18-13-20(12-9-16(18)5-1)23-14-19-11-10-17-6-3-4-8-21(17)22(19)15-24-23/h1-15H. The predicted octanol–water partition coefficient (Wildman–Crippen LogP) is 6.21. The molecule has 0 unspecified atom stereocenters. The van der Waals surface area contributed by atoms with Crippen LogP contribution in [0.25, 0.3) is 43.6 Å². The monoisotopic (exact) mass is 305 g/mol. The van der Waals surface area contributed by atoms with E-state index < -0.39 is 0 Å². The van der Waals surface area contributed by atoms with Gasteiger partial charge in [-0.1, -0.05) is 72.8 Å². The van der Waals surface area contributed by atoms with Crippen molar-refractivity contribution in [2.45, 2.75) is 0 Å². The Balaban J connectivity index is 1.72. The topological polar surface area (TPSA) is 12.9 Å². The number of hydrogen-bond acceptors (Lipinski definition) is 1. The smallest absolute Gasteiger partial charge is 0.0708 e. The highest BCUT2D eigenvalue weighted by Gasteiger charge is 2.05. The Bertz CT molecular complexity index is 1200.